The van der Waals surface area contributed by atoms with E-state index in [2.05, 4.69) is 16.0 Å². The summed E-state index contributed by atoms with van der Waals surface area (Å²) in [6.45, 7) is 2.24. The Labute approximate surface area is 105 Å². The molecule has 1 saturated carbocycles. The first-order valence-corrected chi connectivity index (χ1v) is 6.06. The molecule has 1 aliphatic rings. The summed E-state index contributed by atoms with van der Waals surface area (Å²) >= 11 is 0. The minimum Gasteiger partial charge on any atom is -0.481 e. The second kappa shape index (κ2) is 6.83. The molecule has 7 nitrogen and oxygen atoms in total. The molecule has 0 heterocycles. The van der Waals surface area contributed by atoms with Gasteiger partial charge in [0.15, 0.2) is 0 Å². The zero-order valence-corrected chi connectivity index (χ0v) is 10.4. The molecule has 0 radical (unpaired) electrons. The average molecular weight is 257 g/mol. The summed E-state index contributed by atoms with van der Waals surface area (Å²) in [7, 11) is 0. The van der Waals surface area contributed by atoms with Crippen molar-refractivity contribution in [1.29, 1.82) is 0 Å². The molecule has 0 aromatic carbocycles. The number of amides is 3. The fourth-order valence-corrected chi connectivity index (χ4v) is 1.99. The van der Waals surface area contributed by atoms with Gasteiger partial charge in [-0.2, -0.15) is 0 Å². The van der Waals surface area contributed by atoms with Gasteiger partial charge in [0, 0.05) is 12.6 Å². The predicted octanol–water partition coefficient (Wildman–Crippen LogP) is -0.325. The number of carboxylic acids is 1. The molecule has 18 heavy (non-hydrogen) atoms. The third kappa shape index (κ3) is 4.60. The molecule has 0 bridgehead atoms. The van der Waals surface area contributed by atoms with Crippen molar-refractivity contribution in [3.63, 3.8) is 0 Å². The van der Waals surface area contributed by atoms with Crippen molar-refractivity contribution >= 4 is 17.9 Å². The van der Waals surface area contributed by atoms with Crippen LogP contribution in [0.2, 0.25) is 0 Å². The number of aliphatic carboxylic acids is 1. The van der Waals surface area contributed by atoms with E-state index in [0.717, 1.165) is 0 Å². The quantitative estimate of drug-likeness (QED) is 0.541. The maximum absolute atomic E-state index is 11.4. The summed E-state index contributed by atoms with van der Waals surface area (Å²) < 4.78 is 0. The lowest BCUT2D eigenvalue weighted by atomic mass is 10.1. The molecule has 0 spiro atoms. The van der Waals surface area contributed by atoms with Gasteiger partial charge in [-0.05, 0) is 26.2 Å². The highest BCUT2D eigenvalue weighted by Crippen LogP contribution is 2.25. The molecule has 2 atom stereocenters. The lowest BCUT2D eigenvalue weighted by Crippen LogP contribution is -2.45. The third-order valence-corrected chi connectivity index (χ3v) is 2.90. The average Bonchev–Trinajstić information content (AvgIpc) is 2.75. The predicted molar refractivity (Wildman–Crippen MR) is 64.0 cm³/mol. The summed E-state index contributed by atoms with van der Waals surface area (Å²) in [5.74, 6) is -1.44. The summed E-state index contributed by atoms with van der Waals surface area (Å²) in [5, 5.41) is 16.5. The van der Waals surface area contributed by atoms with Gasteiger partial charge in [-0.25, -0.2) is 4.79 Å². The van der Waals surface area contributed by atoms with Crippen LogP contribution in [0, 0.1) is 5.92 Å². The second-order valence-electron chi connectivity index (χ2n) is 4.33. The van der Waals surface area contributed by atoms with Gasteiger partial charge < -0.3 is 21.1 Å². The molecule has 1 aliphatic carbocycles. The van der Waals surface area contributed by atoms with Crippen LogP contribution < -0.4 is 16.0 Å². The summed E-state index contributed by atoms with van der Waals surface area (Å²) in [6, 6.07) is -0.558. The Morgan fingerprint density at radius 1 is 1.22 bits per heavy atom. The number of carbonyl (C=O) groups excluding carboxylic acids is 2. The summed E-state index contributed by atoms with van der Waals surface area (Å²) in [4.78, 5) is 33.3. The van der Waals surface area contributed by atoms with Crippen LogP contribution in [0.3, 0.4) is 0 Å². The maximum atomic E-state index is 11.4. The van der Waals surface area contributed by atoms with Crippen LogP contribution in [0.1, 0.15) is 26.2 Å². The molecule has 0 aromatic heterocycles. The van der Waals surface area contributed by atoms with Crippen LogP contribution in [0.15, 0.2) is 0 Å². The van der Waals surface area contributed by atoms with Gasteiger partial charge in [0.25, 0.3) is 0 Å². The zero-order chi connectivity index (χ0) is 13.5. The van der Waals surface area contributed by atoms with Gasteiger partial charge in [-0.15, -0.1) is 0 Å². The number of urea groups is 1. The van der Waals surface area contributed by atoms with E-state index in [4.69, 9.17) is 5.11 Å². The van der Waals surface area contributed by atoms with E-state index in [9.17, 15) is 14.4 Å². The van der Waals surface area contributed by atoms with Gasteiger partial charge in [0.1, 0.15) is 0 Å². The molecule has 0 saturated heterocycles. The highest BCUT2D eigenvalue weighted by Gasteiger charge is 2.30. The SMILES string of the molecule is CCNC(=O)CNC(=O)NC1CCC(C(=O)O)C1. The minimum absolute atomic E-state index is 0.0747. The summed E-state index contributed by atoms with van der Waals surface area (Å²) in [5.41, 5.74) is 0. The van der Waals surface area contributed by atoms with E-state index in [-0.39, 0.29) is 24.4 Å². The van der Waals surface area contributed by atoms with Crippen LogP contribution in [0.5, 0.6) is 0 Å². The zero-order valence-electron chi connectivity index (χ0n) is 10.4. The van der Waals surface area contributed by atoms with Crippen molar-refractivity contribution in [2.45, 2.75) is 32.2 Å². The Morgan fingerprint density at radius 2 is 1.94 bits per heavy atom. The van der Waals surface area contributed by atoms with E-state index < -0.39 is 12.0 Å². The van der Waals surface area contributed by atoms with E-state index in [1.54, 1.807) is 6.92 Å². The van der Waals surface area contributed by atoms with E-state index >= 15 is 0 Å². The Hall–Kier alpha value is -1.79. The van der Waals surface area contributed by atoms with E-state index in [1.165, 1.54) is 0 Å². The Morgan fingerprint density at radius 3 is 2.50 bits per heavy atom. The van der Waals surface area contributed by atoms with Gasteiger partial charge in [-0.1, -0.05) is 0 Å². The highest BCUT2D eigenvalue weighted by molar-refractivity contribution is 5.84. The maximum Gasteiger partial charge on any atom is 0.315 e. The monoisotopic (exact) mass is 257 g/mol. The van der Waals surface area contributed by atoms with E-state index in [0.29, 0.717) is 25.8 Å². The normalized spacial score (nSPS) is 22.3. The molecular weight excluding hydrogens is 238 g/mol. The number of rotatable bonds is 5. The fraction of sp³-hybridized carbons (Fsp3) is 0.727. The largest absolute Gasteiger partial charge is 0.481 e. The fourth-order valence-electron chi connectivity index (χ4n) is 1.99. The molecule has 3 amide bonds. The van der Waals surface area contributed by atoms with Crippen LogP contribution in [0.25, 0.3) is 0 Å². The highest BCUT2D eigenvalue weighted by atomic mass is 16.4. The van der Waals surface area contributed by atoms with Crippen molar-refractivity contribution in [3.8, 4) is 0 Å². The van der Waals surface area contributed by atoms with Gasteiger partial charge in [-0.3, -0.25) is 9.59 Å². The molecular formula is C11H19N3O4. The lowest BCUT2D eigenvalue weighted by Gasteiger charge is -2.13. The van der Waals surface area contributed by atoms with Gasteiger partial charge in [0.2, 0.25) is 5.91 Å². The van der Waals surface area contributed by atoms with Crippen LogP contribution >= 0.6 is 0 Å². The number of hydrogen-bond acceptors (Lipinski definition) is 3. The first kappa shape index (κ1) is 14.3. The summed E-state index contributed by atoms with van der Waals surface area (Å²) in [6.07, 6.45) is 1.69. The van der Waals surface area contributed by atoms with Crippen molar-refractivity contribution < 1.29 is 19.5 Å². The molecule has 102 valence electrons. The lowest BCUT2D eigenvalue weighted by molar-refractivity contribution is -0.141. The number of carbonyl (C=O) groups is 3. The van der Waals surface area contributed by atoms with Gasteiger partial charge >= 0.3 is 12.0 Å². The Kier molecular flexibility index (Phi) is 5.41. The topological polar surface area (TPSA) is 108 Å². The molecule has 0 aromatic rings. The molecule has 2 unspecified atom stereocenters. The Bertz CT molecular complexity index is 332. The van der Waals surface area contributed by atoms with Gasteiger partial charge in [0.05, 0.1) is 12.5 Å². The van der Waals surface area contributed by atoms with Crippen LogP contribution in [0.4, 0.5) is 4.79 Å². The Balaban J connectivity index is 2.21. The number of likely N-dealkylation sites (N-methyl/N-ethyl adjacent to an activating group) is 1. The first-order chi connectivity index (χ1) is 8.52. The van der Waals surface area contributed by atoms with Crippen molar-refractivity contribution in [1.82, 2.24) is 16.0 Å². The standard InChI is InChI=1S/C11H19N3O4/c1-2-12-9(15)6-13-11(18)14-8-4-3-7(5-8)10(16)17/h7-8H,2-6H2,1H3,(H,12,15)(H,16,17)(H2,13,14,18). The number of nitrogens with one attached hydrogen (secondary N) is 3. The molecule has 7 heteroatoms. The van der Waals surface area contributed by atoms with Crippen molar-refractivity contribution in [2.75, 3.05) is 13.1 Å². The second-order valence-corrected chi connectivity index (χ2v) is 4.33. The molecule has 0 aliphatic heterocycles. The number of hydrogen-bond donors (Lipinski definition) is 4. The molecule has 4 N–H and O–H groups in total. The molecule has 1 rings (SSSR count). The molecule has 1 fully saturated rings. The van der Waals surface area contributed by atoms with Crippen molar-refractivity contribution in [2.24, 2.45) is 5.92 Å². The van der Waals surface area contributed by atoms with Crippen LogP contribution in [-0.4, -0.2) is 42.1 Å². The minimum atomic E-state index is -0.818. The van der Waals surface area contributed by atoms with Crippen molar-refractivity contribution in [3.05, 3.63) is 0 Å². The van der Waals surface area contributed by atoms with E-state index in [1.807, 2.05) is 0 Å². The van der Waals surface area contributed by atoms with Crippen LogP contribution in [-0.2, 0) is 9.59 Å². The number of carboxylic acid groups (broad SMARTS) is 1. The first-order valence-electron chi connectivity index (χ1n) is 6.06. The third-order valence-electron chi connectivity index (χ3n) is 2.90. The smallest absolute Gasteiger partial charge is 0.315 e.